The molecule has 0 saturated heterocycles. The molecule has 0 aliphatic heterocycles. The average Bonchev–Trinajstić information content (AvgIpc) is 3.07. The van der Waals surface area contributed by atoms with Crippen LogP contribution in [0.4, 0.5) is 0 Å². The molecule has 0 radical (unpaired) electrons. The van der Waals surface area contributed by atoms with Crippen LogP contribution in [0.25, 0.3) is 0 Å². The number of hydrogen-bond acceptors (Lipinski definition) is 4. The second kappa shape index (κ2) is 10.2. The fourth-order valence-corrected chi connectivity index (χ4v) is 2.48. The number of halogens is 1. The highest BCUT2D eigenvalue weighted by atomic mass is 35.5. The molecule has 1 atom stereocenters. The molecule has 0 saturated carbocycles. The summed E-state index contributed by atoms with van der Waals surface area (Å²) in [6.07, 6.45) is 4.19. The van der Waals surface area contributed by atoms with E-state index in [2.05, 4.69) is 18.9 Å². The number of nitrogens with two attached hydrogens (primary N) is 1. The van der Waals surface area contributed by atoms with Gasteiger partial charge in [0, 0.05) is 25.8 Å². The van der Waals surface area contributed by atoms with E-state index in [9.17, 15) is 4.79 Å². The minimum Gasteiger partial charge on any atom is -0.497 e. The van der Waals surface area contributed by atoms with E-state index in [0.29, 0.717) is 24.6 Å². The van der Waals surface area contributed by atoms with Crippen LogP contribution < -0.4 is 10.5 Å². The van der Waals surface area contributed by atoms with Gasteiger partial charge in [0.15, 0.2) is 0 Å². The molecular formula is C19H29ClN4O2. The summed E-state index contributed by atoms with van der Waals surface area (Å²) in [7, 11) is 3.45. The van der Waals surface area contributed by atoms with Crippen molar-refractivity contribution in [1.82, 2.24) is 14.7 Å². The van der Waals surface area contributed by atoms with Crippen LogP contribution in [0.2, 0.25) is 0 Å². The fraction of sp³-hybridized carbons (Fsp3) is 0.474. The maximum absolute atomic E-state index is 12.5. The maximum Gasteiger partial charge on any atom is 0.256 e. The molecule has 0 bridgehead atoms. The van der Waals surface area contributed by atoms with Crippen molar-refractivity contribution < 1.29 is 9.53 Å². The first-order valence-electron chi connectivity index (χ1n) is 8.57. The fourth-order valence-electron chi connectivity index (χ4n) is 2.48. The zero-order valence-electron chi connectivity index (χ0n) is 15.9. The van der Waals surface area contributed by atoms with E-state index < -0.39 is 0 Å². The third kappa shape index (κ3) is 6.04. The predicted octanol–water partition coefficient (Wildman–Crippen LogP) is 2.81. The first kappa shape index (κ1) is 22.0. The molecule has 7 heteroatoms. The summed E-state index contributed by atoms with van der Waals surface area (Å²) >= 11 is 0. The predicted molar refractivity (Wildman–Crippen MR) is 106 cm³/mol. The molecule has 1 unspecified atom stereocenters. The number of methoxy groups -OCH3 is 1. The van der Waals surface area contributed by atoms with Crippen molar-refractivity contribution in [1.29, 1.82) is 0 Å². The number of aromatic nitrogens is 2. The van der Waals surface area contributed by atoms with Crippen molar-refractivity contribution in [2.75, 3.05) is 20.7 Å². The molecule has 26 heavy (non-hydrogen) atoms. The van der Waals surface area contributed by atoms with Gasteiger partial charge in [0.1, 0.15) is 5.75 Å². The van der Waals surface area contributed by atoms with E-state index in [1.54, 1.807) is 36.1 Å². The molecule has 2 rings (SSSR count). The SMILES string of the molecule is COc1ccc(Cn2cc(C(=O)N(C)CCC(N)C(C)C)cn2)cc1.Cl. The molecule has 0 aliphatic rings. The standard InChI is InChI=1S/C19H28N4O2.ClH/c1-14(2)18(20)9-10-22(3)19(24)16-11-21-23(13-16)12-15-5-7-17(25-4)8-6-15;/h5-8,11,13-14,18H,9-10,12,20H2,1-4H3;1H. The molecule has 2 aromatic rings. The smallest absolute Gasteiger partial charge is 0.256 e. The van der Waals surface area contributed by atoms with Crippen LogP contribution in [0.15, 0.2) is 36.7 Å². The molecule has 0 aliphatic carbocycles. The first-order valence-corrected chi connectivity index (χ1v) is 8.57. The number of carbonyl (C=O) groups is 1. The van der Waals surface area contributed by atoms with E-state index in [4.69, 9.17) is 10.5 Å². The molecule has 1 heterocycles. The van der Waals surface area contributed by atoms with Crippen molar-refractivity contribution in [3.63, 3.8) is 0 Å². The molecule has 6 nitrogen and oxygen atoms in total. The van der Waals surface area contributed by atoms with E-state index >= 15 is 0 Å². The molecule has 144 valence electrons. The molecule has 1 aromatic heterocycles. The molecule has 0 spiro atoms. The highest BCUT2D eigenvalue weighted by Gasteiger charge is 2.16. The summed E-state index contributed by atoms with van der Waals surface area (Å²) in [5.41, 5.74) is 7.74. The Morgan fingerprint density at radius 2 is 1.96 bits per heavy atom. The van der Waals surface area contributed by atoms with Gasteiger partial charge in [-0.3, -0.25) is 9.48 Å². The lowest BCUT2D eigenvalue weighted by Crippen LogP contribution is -2.34. The van der Waals surface area contributed by atoms with Crippen LogP contribution in [-0.2, 0) is 6.54 Å². The zero-order valence-corrected chi connectivity index (χ0v) is 16.7. The van der Waals surface area contributed by atoms with Crippen molar-refractivity contribution >= 4 is 18.3 Å². The van der Waals surface area contributed by atoms with Crippen LogP contribution in [-0.4, -0.2) is 47.3 Å². The zero-order chi connectivity index (χ0) is 18.4. The summed E-state index contributed by atoms with van der Waals surface area (Å²) in [6, 6.07) is 7.91. The maximum atomic E-state index is 12.5. The number of nitrogens with zero attached hydrogens (tertiary/aromatic N) is 3. The van der Waals surface area contributed by atoms with E-state index in [-0.39, 0.29) is 24.4 Å². The third-order valence-corrected chi connectivity index (χ3v) is 4.38. The quantitative estimate of drug-likeness (QED) is 0.764. The average molecular weight is 381 g/mol. The van der Waals surface area contributed by atoms with Gasteiger partial charge in [0.25, 0.3) is 5.91 Å². The van der Waals surface area contributed by atoms with Crippen LogP contribution in [0.3, 0.4) is 0 Å². The van der Waals surface area contributed by atoms with E-state index in [1.165, 1.54) is 0 Å². The Morgan fingerprint density at radius 1 is 1.31 bits per heavy atom. The molecule has 1 amide bonds. The lowest BCUT2D eigenvalue weighted by atomic mass is 10.0. The number of ether oxygens (including phenoxy) is 1. The summed E-state index contributed by atoms with van der Waals surface area (Å²) in [6.45, 7) is 5.44. The van der Waals surface area contributed by atoms with Crippen molar-refractivity contribution in [3.8, 4) is 5.75 Å². The number of rotatable bonds is 8. The minimum atomic E-state index is -0.0306. The van der Waals surface area contributed by atoms with Gasteiger partial charge in [-0.15, -0.1) is 12.4 Å². The second-order valence-electron chi connectivity index (χ2n) is 6.70. The Labute approximate surface area is 161 Å². The topological polar surface area (TPSA) is 73.4 Å². The Kier molecular flexibility index (Phi) is 8.61. The summed E-state index contributed by atoms with van der Waals surface area (Å²) in [5, 5.41) is 4.29. The van der Waals surface area contributed by atoms with E-state index in [1.807, 2.05) is 24.3 Å². The van der Waals surface area contributed by atoms with Crippen LogP contribution in [0.5, 0.6) is 5.75 Å². The highest BCUT2D eigenvalue weighted by molar-refractivity contribution is 5.93. The lowest BCUT2D eigenvalue weighted by Gasteiger charge is -2.21. The van der Waals surface area contributed by atoms with Crippen molar-refractivity contribution in [2.45, 2.75) is 32.9 Å². The molecule has 0 fully saturated rings. The van der Waals surface area contributed by atoms with Crippen molar-refractivity contribution in [2.24, 2.45) is 11.7 Å². The van der Waals surface area contributed by atoms with Crippen LogP contribution in [0.1, 0.15) is 36.2 Å². The van der Waals surface area contributed by atoms with Crippen molar-refractivity contribution in [3.05, 3.63) is 47.8 Å². The summed E-state index contributed by atoms with van der Waals surface area (Å²) < 4.78 is 6.92. The van der Waals surface area contributed by atoms with Gasteiger partial charge in [-0.2, -0.15) is 5.10 Å². The minimum absolute atomic E-state index is 0. The Balaban J connectivity index is 0.00000338. The van der Waals surface area contributed by atoms with Gasteiger partial charge in [-0.25, -0.2) is 0 Å². The molecular weight excluding hydrogens is 352 g/mol. The molecule has 1 aromatic carbocycles. The van der Waals surface area contributed by atoms with Gasteiger partial charge >= 0.3 is 0 Å². The van der Waals surface area contributed by atoms with Gasteiger partial charge < -0.3 is 15.4 Å². The largest absolute Gasteiger partial charge is 0.497 e. The van der Waals surface area contributed by atoms with E-state index in [0.717, 1.165) is 17.7 Å². The summed E-state index contributed by atoms with van der Waals surface area (Å²) in [4.78, 5) is 14.2. The van der Waals surface area contributed by atoms with Gasteiger partial charge in [-0.05, 0) is 30.0 Å². The Hall–Kier alpha value is -2.05. The number of hydrogen-bond donors (Lipinski definition) is 1. The number of amides is 1. The van der Waals surface area contributed by atoms with Gasteiger partial charge in [0.05, 0.1) is 25.4 Å². The lowest BCUT2D eigenvalue weighted by molar-refractivity contribution is 0.0789. The molecule has 2 N–H and O–H groups in total. The summed E-state index contributed by atoms with van der Waals surface area (Å²) in [5.74, 6) is 1.20. The Bertz CT molecular complexity index is 685. The normalized spacial score (nSPS) is 11.8. The number of carbonyl (C=O) groups excluding carboxylic acids is 1. The monoisotopic (exact) mass is 380 g/mol. The van der Waals surface area contributed by atoms with Gasteiger partial charge in [-0.1, -0.05) is 26.0 Å². The van der Waals surface area contributed by atoms with Crippen LogP contribution >= 0.6 is 12.4 Å². The third-order valence-electron chi connectivity index (χ3n) is 4.38. The Morgan fingerprint density at radius 3 is 2.54 bits per heavy atom. The first-order chi connectivity index (χ1) is 11.9. The van der Waals surface area contributed by atoms with Gasteiger partial charge in [0.2, 0.25) is 0 Å². The second-order valence-corrected chi connectivity index (χ2v) is 6.70. The number of benzene rings is 1. The highest BCUT2D eigenvalue weighted by Crippen LogP contribution is 2.13. The van der Waals surface area contributed by atoms with Crippen LogP contribution in [0, 0.1) is 5.92 Å².